The van der Waals surface area contributed by atoms with Crippen LogP contribution in [0.4, 0.5) is 0 Å². The monoisotopic (exact) mass is 266 g/mol. The van der Waals surface area contributed by atoms with E-state index < -0.39 is 28.1 Å². The summed E-state index contributed by atoms with van der Waals surface area (Å²) in [5.74, 6) is 0. The van der Waals surface area contributed by atoms with Gasteiger partial charge in [-0.15, -0.1) is 0 Å². The van der Waals surface area contributed by atoms with Crippen LogP contribution in [0.25, 0.3) is 0 Å². The second-order valence-electron chi connectivity index (χ2n) is 0.924. The number of hydrogen-bond donors (Lipinski definition) is 2. The van der Waals surface area contributed by atoms with Crippen LogP contribution >= 0.6 is 9.83 Å². The first-order chi connectivity index (χ1) is 3.71. The molecule has 0 radical (unpaired) electrons. The molecule has 0 aromatic heterocycles. The molecule has 0 aromatic carbocycles. The van der Waals surface area contributed by atoms with E-state index in [0.29, 0.717) is 0 Å². The summed E-state index contributed by atoms with van der Waals surface area (Å²) in [4.78, 5) is 0. The van der Waals surface area contributed by atoms with Gasteiger partial charge in [0.05, 0.1) is 0 Å². The average Bonchev–Trinajstić information content (AvgIpc) is 1.14. The molecule has 0 rings (SSSR count). The van der Waals surface area contributed by atoms with Crippen molar-refractivity contribution in [1.29, 1.82) is 0 Å². The molecule has 0 atom stereocenters. The first-order valence-electron chi connectivity index (χ1n) is 1.37. The third-order valence-electron chi connectivity index (χ3n) is 0.172. The topological polar surface area (TPSA) is 109 Å². The Labute approximate surface area is 140 Å². The predicted molar refractivity (Wildman–Crippen MR) is 52.1 cm³/mol. The summed E-state index contributed by atoms with van der Waals surface area (Å²) in [5.41, 5.74) is 0. The molecule has 0 saturated heterocycles. The predicted octanol–water partition coefficient (Wildman–Crippen LogP) is -2.62. The standard InChI is InChI=1S/3Na.H2O6S3.3H/c;;;1-8(2,3)7-9(4,5)6;;;/h;;;(H,1,2,3)(H,4,5,6);;;. The van der Waals surface area contributed by atoms with Gasteiger partial charge in [-0.1, -0.05) is 0 Å². The summed E-state index contributed by atoms with van der Waals surface area (Å²) >= 11 is 0. The zero-order chi connectivity index (χ0) is 7.71. The Morgan fingerprint density at radius 3 is 0.917 bits per heavy atom. The molecule has 0 heterocycles. The molecular weight excluding hydrogens is 261 g/mol. The SMILES string of the molecule is O=S(=O)(O)SS(=O)(=O)O.[NaH].[NaH].[NaH]. The third-order valence-corrected chi connectivity index (χ3v) is 4.64. The Morgan fingerprint density at radius 2 is 0.917 bits per heavy atom. The fourth-order valence-electron chi connectivity index (χ4n) is 0.109. The zero-order valence-electron chi connectivity index (χ0n) is 3.75. The summed E-state index contributed by atoms with van der Waals surface area (Å²) in [7, 11) is -10.3. The van der Waals surface area contributed by atoms with Crippen molar-refractivity contribution in [2.75, 3.05) is 0 Å². The first kappa shape index (κ1) is 24.4. The Bertz CT molecular complexity index is 243. The van der Waals surface area contributed by atoms with Gasteiger partial charge in [0.15, 0.2) is 9.83 Å². The van der Waals surface area contributed by atoms with Crippen molar-refractivity contribution in [3.8, 4) is 0 Å². The number of rotatable bonds is 2. The normalized spacial score (nSPS) is 10.2. The van der Waals surface area contributed by atoms with Gasteiger partial charge < -0.3 is 0 Å². The second kappa shape index (κ2) is 9.40. The summed E-state index contributed by atoms with van der Waals surface area (Å²) in [5, 5.41) is 0. The summed E-state index contributed by atoms with van der Waals surface area (Å²) in [6.45, 7) is 0. The van der Waals surface area contributed by atoms with Crippen LogP contribution in [0, 0.1) is 0 Å². The number of hydrogen-bond acceptors (Lipinski definition) is 5. The molecule has 0 spiro atoms. The molecule has 0 amide bonds. The molecule has 0 aromatic rings. The van der Waals surface area contributed by atoms with Crippen LogP contribution in [0.15, 0.2) is 0 Å². The van der Waals surface area contributed by atoms with Crippen LogP contribution in [-0.4, -0.2) is 115 Å². The van der Waals surface area contributed by atoms with Crippen molar-refractivity contribution in [3.05, 3.63) is 0 Å². The van der Waals surface area contributed by atoms with Gasteiger partial charge in [-0.05, 0) is 0 Å². The molecule has 62 valence electrons. The van der Waals surface area contributed by atoms with E-state index in [-0.39, 0.29) is 88.7 Å². The third kappa shape index (κ3) is 23.2. The Balaban J connectivity index is -0.000000107. The molecule has 0 saturated carbocycles. The Hall–Kier alpha value is 3.17. The van der Waals surface area contributed by atoms with Crippen molar-refractivity contribution in [3.63, 3.8) is 0 Å². The minimum atomic E-state index is -4.70. The second-order valence-corrected chi connectivity index (χ2v) is 6.93. The molecule has 12 heteroatoms. The molecule has 12 heavy (non-hydrogen) atoms. The van der Waals surface area contributed by atoms with Crippen molar-refractivity contribution >= 4 is 117 Å². The summed E-state index contributed by atoms with van der Waals surface area (Å²) in [6, 6.07) is 0. The van der Waals surface area contributed by atoms with Gasteiger partial charge in [0.25, 0.3) is 0 Å². The van der Waals surface area contributed by atoms with Gasteiger partial charge in [-0.2, -0.15) is 16.8 Å². The van der Waals surface area contributed by atoms with Gasteiger partial charge in [-0.3, -0.25) is 9.11 Å². The Morgan fingerprint density at radius 1 is 0.750 bits per heavy atom. The van der Waals surface area contributed by atoms with E-state index in [9.17, 15) is 16.8 Å². The van der Waals surface area contributed by atoms with Gasteiger partial charge >= 0.3 is 107 Å². The van der Waals surface area contributed by atoms with E-state index in [1.807, 2.05) is 0 Å². The molecular formula is H5Na3O6S3. The van der Waals surface area contributed by atoms with E-state index in [1.54, 1.807) is 0 Å². The van der Waals surface area contributed by atoms with Crippen LogP contribution in [0.1, 0.15) is 0 Å². The van der Waals surface area contributed by atoms with Crippen molar-refractivity contribution in [2.45, 2.75) is 0 Å². The van der Waals surface area contributed by atoms with Gasteiger partial charge in [-0.25, -0.2) is 0 Å². The molecule has 0 aliphatic rings. The van der Waals surface area contributed by atoms with Crippen LogP contribution < -0.4 is 0 Å². The van der Waals surface area contributed by atoms with E-state index >= 15 is 0 Å². The molecule has 0 aliphatic heterocycles. The maximum atomic E-state index is 9.63. The fraction of sp³-hybridized carbons (Fsp3) is 0. The first-order valence-corrected chi connectivity index (χ1v) is 6.10. The molecule has 0 fully saturated rings. The van der Waals surface area contributed by atoms with Crippen LogP contribution in [-0.2, 0) is 18.3 Å². The zero-order valence-corrected chi connectivity index (χ0v) is 6.20. The minimum absolute atomic E-state index is 0. The fourth-order valence-corrected chi connectivity index (χ4v) is 2.93. The van der Waals surface area contributed by atoms with Gasteiger partial charge in [0.2, 0.25) is 0 Å². The Kier molecular flexibility index (Phi) is 19.1. The molecule has 0 bridgehead atoms. The van der Waals surface area contributed by atoms with Crippen LogP contribution in [0.3, 0.4) is 0 Å². The van der Waals surface area contributed by atoms with Gasteiger partial charge in [0, 0.05) is 0 Å². The van der Waals surface area contributed by atoms with E-state index in [0.717, 1.165) is 0 Å². The van der Waals surface area contributed by atoms with E-state index in [2.05, 4.69) is 0 Å². The van der Waals surface area contributed by atoms with Crippen LogP contribution in [0.2, 0.25) is 0 Å². The summed E-state index contributed by atoms with van der Waals surface area (Å²) in [6.07, 6.45) is 0. The average molecular weight is 266 g/mol. The maximum absolute atomic E-state index is 9.63. The summed E-state index contributed by atoms with van der Waals surface area (Å²) < 4.78 is 54.0. The quantitative estimate of drug-likeness (QED) is 0.320. The molecule has 0 aliphatic carbocycles. The molecule has 0 unspecified atom stereocenters. The van der Waals surface area contributed by atoms with Crippen molar-refractivity contribution < 1.29 is 25.9 Å². The van der Waals surface area contributed by atoms with E-state index in [1.165, 1.54) is 0 Å². The molecule has 2 N–H and O–H groups in total. The van der Waals surface area contributed by atoms with Crippen molar-refractivity contribution in [1.82, 2.24) is 0 Å². The van der Waals surface area contributed by atoms with Crippen LogP contribution in [0.5, 0.6) is 0 Å². The molecule has 6 nitrogen and oxygen atoms in total. The van der Waals surface area contributed by atoms with Crippen molar-refractivity contribution in [2.24, 2.45) is 0 Å². The van der Waals surface area contributed by atoms with Gasteiger partial charge in [0.1, 0.15) is 0 Å². The van der Waals surface area contributed by atoms with E-state index in [4.69, 9.17) is 9.11 Å².